The van der Waals surface area contributed by atoms with Crippen LogP contribution in [0.4, 0.5) is 0 Å². The summed E-state index contributed by atoms with van der Waals surface area (Å²) in [6.07, 6.45) is 1.99. The Bertz CT molecular complexity index is 435. The number of carbonyl (C=O) groups is 1. The number of hydrogen-bond acceptors (Lipinski definition) is 3. The van der Waals surface area contributed by atoms with Gasteiger partial charge in [0.05, 0.1) is 4.88 Å². The van der Waals surface area contributed by atoms with Gasteiger partial charge in [0.25, 0.3) is 5.91 Å². The molecule has 0 aliphatic carbocycles. The van der Waals surface area contributed by atoms with E-state index in [0.29, 0.717) is 12.5 Å². The first-order valence-corrected chi connectivity index (χ1v) is 8.27. The maximum absolute atomic E-state index is 11.7. The highest BCUT2D eigenvalue weighted by Crippen LogP contribution is 2.07. The van der Waals surface area contributed by atoms with E-state index in [9.17, 15) is 4.79 Å². The van der Waals surface area contributed by atoms with Gasteiger partial charge >= 0.3 is 0 Å². The average Bonchev–Trinajstić information content (AvgIpc) is 2.98. The SMILES string of the molecule is CN=C(NCCCNC(=O)c1cccs1)NCCC(C)C.I. The van der Waals surface area contributed by atoms with Crippen molar-refractivity contribution in [2.24, 2.45) is 10.9 Å². The van der Waals surface area contributed by atoms with Crippen LogP contribution in [0.15, 0.2) is 22.5 Å². The minimum absolute atomic E-state index is 0. The van der Waals surface area contributed by atoms with Crippen LogP contribution in [-0.2, 0) is 0 Å². The first-order chi connectivity index (χ1) is 10.1. The topological polar surface area (TPSA) is 65.5 Å². The molecule has 1 rings (SSSR count). The second-order valence-corrected chi connectivity index (χ2v) is 6.14. The van der Waals surface area contributed by atoms with Gasteiger partial charge in [-0.2, -0.15) is 0 Å². The largest absolute Gasteiger partial charge is 0.356 e. The minimum Gasteiger partial charge on any atom is -0.356 e. The van der Waals surface area contributed by atoms with Gasteiger partial charge in [-0.15, -0.1) is 35.3 Å². The van der Waals surface area contributed by atoms with Gasteiger partial charge in [-0.25, -0.2) is 0 Å². The van der Waals surface area contributed by atoms with Gasteiger partial charge in [-0.1, -0.05) is 19.9 Å². The molecule has 0 aliphatic heterocycles. The van der Waals surface area contributed by atoms with Gasteiger partial charge in [0, 0.05) is 26.7 Å². The van der Waals surface area contributed by atoms with Crippen LogP contribution in [0.3, 0.4) is 0 Å². The number of halogens is 1. The monoisotopic (exact) mass is 438 g/mol. The normalized spacial score (nSPS) is 11.0. The van der Waals surface area contributed by atoms with E-state index in [1.165, 1.54) is 11.3 Å². The predicted molar refractivity (Wildman–Crippen MR) is 106 cm³/mol. The Balaban J connectivity index is 0.00000441. The third-order valence-corrected chi connectivity index (χ3v) is 3.78. The summed E-state index contributed by atoms with van der Waals surface area (Å²) in [7, 11) is 1.77. The third kappa shape index (κ3) is 9.24. The summed E-state index contributed by atoms with van der Waals surface area (Å²) in [6, 6.07) is 3.71. The van der Waals surface area contributed by atoms with Crippen LogP contribution in [-0.4, -0.2) is 38.5 Å². The molecule has 0 radical (unpaired) electrons. The Morgan fingerprint density at radius 1 is 1.23 bits per heavy atom. The molecule has 0 saturated carbocycles. The first-order valence-electron chi connectivity index (χ1n) is 7.39. The summed E-state index contributed by atoms with van der Waals surface area (Å²) in [5.74, 6) is 1.51. The van der Waals surface area contributed by atoms with Crippen LogP contribution in [0.1, 0.15) is 36.4 Å². The van der Waals surface area contributed by atoms with Gasteiger partial charge in [0.1, 0.15) is 0 Å². The molecular formula is C15H27IN4OS. The number of hydrogen-bond donors (Lipinski definition) is 3. The number of amides is 1. The van der Waals surface area contributed by atoms with E-state index in [0.717, 1.165) is 36.8 Å². The number of nitrogens with zero attached hydrogens (tertiary/aromatic N) is 1. The Labute approximate surface area is 154 Å². The lowest BCUT2D eigenvalue weighted by molar-refractivity contribution is 0.0957. The zero-order valence-electron chi connectivity index (χ0n) is 13.5. The molecule has 5 nitrogen and oxygen atoms in total. The van der Waals surface area contributed by atoms with Gasteiger partial charge in [0.15, 0.2) is 5.96 Å². The van der Waals surface area contributed by atoms with E-state index in [1.54, 1.807) is 7.05 Å². The molecule has 1 heterocycles. The van der Waals surface area contributed by atoms with E-state index in [2.05, 4.69) is 34.8 Å². The second-order valence-electron chi connectivity index (χ2n) is 5.20. The highest BCUT2D eigenvalue weighted by molar-refractivity contribution is 14.0. The van der Waals surface area contributed by atoms with Crippen molar-refractivity contribution in [1.29, 1.82) is 0 Å². The molecule has 1 aromatic heterocycles. The van der Waals surface area contributed by atoms with Crippen molar-refractivity contribution in [1.82, 2.24) is 16.0 Å². The molecule has 22 heavy (non-hydrogen) atoms. The standard InChI is InChI=1S/C15H26N4OS.HI/c1-12(2)7-10-19-15(16-3)18-9-5-8-17-14(20)13-6-4-11-21-13;/h4,6,11-12H,5,7-10H2,1-3H3,(H,17,20)(H2,16,18,19);1H. The summed E-state index contributed by atoms with van der Waals surface area (Å²) in [5.41, 5.74) is 0. The highest BCUT2D eigenvalue weighted by atomic mass is 127. The molecule has 0 spiro atoms. The summed E-state index contributed by atoms with van der Waals surface area (Å²) in [4.78, 5) is 16.6. The highest BCUT2D eigenvalue weighted by Gasteiger charge is 2.04. The maximum Gasteiger partial charge on any atom is 0.261 e. The Hall–Kier alpha value is -0.830. The second kappa shape index (κ2) is 12.7. The van der Waals surface area contributed by atoms with Crippen LogP contribution >= 0.6 is 35.3 Å². The molecule has 0 atom stereocenters. The van der Waals surface area contributed by atoms with Crippen molar-refractivity contribution in [3.8, 4) is 0 Å². The van der Waals surface area contributed by atoms with Gasteiger partial charge in [-0.3, -0.25) is 9.79 Å². The van der Waals surface area contributed by atoms with E-state index in [1.807, 2.05) is 17.5 Å². The van der Waals surface area contributed by atoms with Crippen molar-refractivity contribution >= 4 is 47.2 Å². The van der Waals surface area contributed by atoms with Crippen molar-refractivity contribution in [2.45, 2.75) is 26.7 Å². The molecule has 0 aromatic carbocycles. The van der Waals surface area contributed by atoms with E-state index in [-0.39, 0.29) is 29.9 Å². The predicted octanol–water partition coefficient (Wildman–Crippen LogP) is 2.70. The minimum atomic E-state index is 0. The quantitative estimate of drug-likeness (QED) is 0.253. The molecule has 0 bridgehead atoms. The lowest BCUT2D eigenvalue weighted by Crippen LogP contribution is -2.39. The number of aliphatic imine (C=N–C) groups is 1. The molecule has 0 saturated heterocycles. The number of thiophene rings is 1. The fourth-order valence-electron chi connectivity index (χ4n) is 1.69. The van der Waals surface area contributed by atoms with E-state index in [4.69, 9.17) is 0 Å². The molecule has 7 heteroatoms. The van der Waals surface area contributed by atoms with Gasteiger partial charge in [0.2, 0.25) is 0 Å². The summed E-state index contributed by atoms with van der Waals surface area (Å²) in [6.45, 7) is 6.77. The number of nitrogens with one attached hydrogen (secondary N) is 3. The molecule has 1 amide bonds. The summed E-state index contributed by atoms with van der Waals surface area (Å²) in [5, 5.41) is 11.3. The molecule has 1 aromatic rings. The average molecular weight is 438 g/mol. The van der Waals surface area contributed by atoms with Crippen molar-refractivity contribution in [2.75, 3.05) is 26.7 Å². The number of carbonyl (C=O) groups excluding carboxylic acids is 1. The fourth-order valence-corrected chi connectivity index (χ4v) is 2.33. The van der Waals surface area contributed by atoms with Gasteiger partial charge < -0.3 is 16.0 Å². The third-order valence-electron chi connectivity index (χ3n) is 2.91. The van der Waals surface area contributed by atoms with Crippen LogP contribution in [0.5, 0.6) is 0 Å². The van der Waals surface area contributed by atoms with Crippen LogP contribution in [0.2, 0.25) is 0 Å². The zero-order chi connectivity index (χ0) is 15.5. The maximum atomic E-state index is 11.7. The molecule has 3 N–H and O–H groups in total. The lowest BCUT2D eigenvalue weighted by Gasteiger charge is -2.12. The molecule has 0 fully saturated rings. The molecular weight excluding hydrogens is 411 g/mol. The van der Waals surface area contributed by atoms with Crippen LogP contribution < -0.4 is 16.0 Å². The summed E-state index contributed by atoms with van der Waals surface area (Å²) >= 11 is 1.46. The zero-order valence-corrected chi connectivity index (χ0v) is 16.7. The molecule has 0 aliphatic rings. The van der Waals surface area contributed by atoms with Crippen molar-refractivity contribution < 1.29 is 4.79 Å². The lowest BCUT2D eigenvalue weighted by atomic mass is 10.1. The van der Waals surface area contributed by atoms with E-state index >= 15 is 0 Å². The first kappa shape index (κ1) is 21.2. The van der Waals surface area contributed by atoms with Gasteiger partial charge in [-0.05, 0) is 30.2 Å². The number of rotatable bonds is 8. The Morgan fingerprint density at radius 3 is 2.50 bits per heavy atom. The van der Waals surface area contributed by atoms with E-state index < -0.39 is 0 Å². The molecule has 126 valence electrons. The molecule has 0 unspecified atom stereocenters. The van der Waals surface area contributed by atoms with Crippen molar-refractivity contribution in [3.05, 3.63) is 22.4 Å². The summed E-state index contributed by atoms with van der Waals surface area (Å²) < 4.78 is 0. The smallest absolute Gasteiger partial charge is 0.261 e. The fraction of sp³-hybridized carbons (Fsp3) is 0.600. The van der Waals surface area contributed by atoms with Crippen LogP contribution in [0.25, 0.3) is 0 Å². The Kier molecular flexibility index (Phi) is 12.2. The van der Waals surface area contributed by atoms with Crippen molar-refractivity contribution in [3.63, 3.8) is 0 Å². The number of guanidine groups is 1. The van der Waals surface area contributed by atoms with Crippen LogP contribution in [0, 0.1) is 5.92 Å². The Morgan fingerprint density at radius 2 is 1.91 bits per heavy atom.